The van der Waals surface area contributed by atoms with Gasteiger partial charge in [0.25, 0.3) is 0 Å². The smallest absolute Gasteiger partial charge is 0.157 e. The Morgan fingerprint density at radius 2 is 2.22 bits per heavy atom. The van der Waals surface area contributed by atoms with Gasteiger partial charge in [-0.15, -0.1) is 0 Å². The maximum atomic E-state index is 5.04. The predicted octanol–water partition coefficient (Wildman–Crippen LogP) is 3.91. The first kappa shape index (κ1) is 14.6. The van der Waals surface area contributed by atoms with Crippen molar-refractivity contribution in [2.75, 3.05) is 12.0 Å². The molecule has 1 aliphatic heterocycles. The number of thioether (sulfide) groups is 2. The standard InChI is InChI=1S/C14H26N2S2/c1-4-14(2)9-10-18-13(16-14)15-11-7-5-6-8-12(11)17-3/h11-12H,4-10H2,1-3H3,(H,15,16). The van der Waals surface area contributed by atoms with Gasteiger partial charge in [0, 0.05) is 16.5 Å². The molecule has 0 radical (unpaired) electrons. The van der Waals surface area contributed by atoms with Crippen molar-refractivity contribution in [1.29, 1.82) is 0 Å². The molecule has 0 aromatic heterocycles. The highest BCUT2D eigenvalue weighted by molar-refractivity contribution is 8.13. The van der Waals surface area contributed by atoms with Crippen LogP contribution in [-0.4, -0.2) is 34.0 Å². The second-order valence-corrected chi connectivity index (χ2v) is 7.86. The summed E-state index contributed by atoms with van der Waals surface area (Å²) >= 11 is 3.92. The first-order valence-electron chi connectivity index (χ1n) is 7.18. The molecule has 18 heavy (non-hydrogen) atoms. The maximum Gasteiger partial charge on any atom is 0.157 e. The van der Waals surface area contributed by atoms with Crippen LogP contribution in [0.5, 0.6) is 0 Å². The van der Waals surface area contributed by atoms with Crippen LogP contribution in [-0.2, 0) is 0 Å². The summed E-state index contributed by atoms with van der Waals surface area (Å²) in [5.41, 5.74) is 0.271. The summed E-state index contributed by atoms with van der Waals surface area (Å²) in [6.07, 6.45) is 10.0. The summed E-state index contributed by atoms with van der Waals surface area (Å²) in [5, 5.41) is 5.62. The first-order valence-corrected chi connectivity index (χ1v) is 9.46. The lowest BCUT2D eigenvalue weighted by atomic mass is 9.95. The van der Waals surface area contributed by atoms with Gasteiger partial charge < -0.3 is 5.32 Å². The minimum Gasteiger partial charge on any atom is -0.360 e. The molecule has 1 N–H and O–H groups in total. The molecule has 2 aliphatic rings. The van der Waals surface area contributed by atoms with Crippen molar-refractivity contribution in [2.45, 2.75) is 69.2 Å². The first-order chi connectivity index (χ1) is 8.67. The van der Waals surface area contributed by atoms with Crippen molar-refractivity contribution in [3.8, 4) is 0 Å². The topological polar surface area (TPSA) is 24.4 Å². The molecule has 1 saturated heterocycles. The van der Waals surface area contributed by atoms with E-state index >= 15 is 0 Å². The molecule has 3 atom stereocenters. The molecule has 0 amide bonds. The largest absolute Gasteiger partial charge is 0.360 e. The number of rotatable bonds is 3. The van der Waals surface area contributed by atoms with Gasteiger partial charge in [-0.2, -0.15) is 11.8 Å². The third-order valence-electron chi connectivity index (χ3n) is 4.34. The third-order valence-corrected chi connectivity index (χ3v) is 6.38. The Morgan fingerprint density at radius 1 is 1.44 bits per heavy atom. The lowest BCUT2D eigenvalue weighted by molar-refractivity contribution is 0.386. The Labute approximate surface area is 120 Å². The molecule has 2 fully saturated rings. The Morgan fingerprint density at radius 3 is 2.94 bits per heavy atom. The zero-order valence-electron chi connectivity index (χ0n) is 11.9. The zero-order valence-corrected chi connectivity index (χ0v) is 13.5. The molecule has 0 spiro atoms. The van der Waals surface area contributed by atoms with Gasteiger partial charge in [0.1, 0.15) is 0 Å². The Bertz CT molecular complexity index is 306. The van der Waals surface area contributed by atoms with Crippen molar-refractivity contribution >= 4 is 28.7 Å². The van der Waals surface area contributed by atoms with Crippen LogP contribution in [0.4, 0.5) is 0 Å². The molecule has 2 nitrogen and oxygen atoms in total. The van der Waals surface area contributed by atoms with Crippen LogP contribution in [0.3, 0.4) is 0 Å². The predicted molar refractivity (Wildman–Crippen MR) is 85.9 cm³/mol. The van der Waals surface area contributed by atoms with Crippen LogP contribution in [0.15, 0.2) is 4.99 Å². The van der Waals surface area contributed by atoms with Crippen molar-refractivity contribution in [2.24, 2.45) is 4.99 Å². The van der Waals surface area contributed by atoms with E-state index in [1.54, 1.807) is 0 Å². The van der Waals surface area contributed by atoms with Crippen LogP contribution in [0, 0.1) is 0 Å². The average Bonchev–Trinajstić information content (AvgIpc) is 2.39. The van der Waals surface area contributed by atoms with Gasteiger partial charge in [-0.1, -0.05) is 31.5 Å². The van der Waals surface area contributed by atoms with Crippen molar-refractivity contribution < 1.29 is 0 Å². The van der Waals surface area contributed by atoms with Crippen molar-refractivity contribution in [3.05, 3.63) is 0 Å². The van der Waals surface area contributed by atoms with Gasteiger partial charge in [-0.05, 0) is 38.9 Å². The molecule has 0 aromatic rings. The van der Waals surface area contributed by atoms with Gasteiger partial charge in [-0.25, -0.2) is 0 Å². The fourth-order valence-electron chi connectivity index (χ4n) is 2.71. The quantitative estimate of drug-likeness (QED) is 0.851. The molecule has 2 rings (SSSR count). The maximum absolute atomic E-state index is 5.04. The fourth-order valence-corrected chi connectivity index (χ4v) is 4.90. The van der Waals surface area contributed by atoms with Crippen LogP contribution in [0.2, 0.25) is 0 Å². The van der Waals surface area contributed by atoms with Gasteiger partial charge in [-0.3, -0.25) is 4.99 Å². The van der Waals surface area contributed by atoms with E-state index in [9.17, 15) is 0 Å². The molecule has 0 aromatic carbocycles. The number of hydrogen-bond donors (Lipinski definition) is 1. The molecular weight excluding hydrogens is 260 g/mol. The Balaban J connectivity index is 2.02. The Hall–Kier alpha value is 0.170. The van der Waals surface area contributed by atoms with Crippen molar-refractivity contribution in [1.82, 2.24) is 5.32 Å². The Kier molecular flexibility index (Phi) is 5.31. The van der Waals surface area contributed by atoms with Gasteiger partial charge >= 0.3 is 0 Å². The van der Waals surface area contributed by atoms with Crippen LogP contribution in [0.25, 0.3) is 0 Å². The minimum absolute atomic E-state index is 0.271. The molecule has 1 heterocycles. The van der Waals surface area contributed by atoms with Crippen LogP contribution in [0.1, 0.15) is 52.4 Å². The summed E-state index contributed by atoms with van der Waals surface area (Å²) in [6.45, 7) is 4.60. The molecule has 4 heteroatoms. The van der Waals surface area contributed by atoms with E-state index in [2.05, 4.69) is 25.4 Å². The van der Waals surface area contributed by atoms with Gasteiger partial charge in [0.05, 0.1) is 6.04 Å². The van der Waals surface area contributed by atoms with Gasteiger partial charge in [0.2, 0.25) is 0 Å². The van der Waals surface area contributed by atoms with E-state index in [4.69, 9.17) is 4.99 Å². The molecular formula is C14H26N2S2. The number of amidine groups is 1. The molecule has 1 saturated carbocycles. The monoisotopic (exact) mass is 286 g/mol. The summed E-state index contributed by atoms with van der Waals surface area (Å²) < 4.78 is 0. The molecule has 104 valence electrons. The fraction of sp³-hybridized carbons (Fsp3) is 0.929. The molecule has 0 bridgehead atoms. The molecule has 1 aliphatic carbocycles. The summed E-state index contributed by atoms with van der Waals surface area (Å²) in [6, 6.07) is 0.544. The minimum atomic E-state index is 0.271. The number of nitrogens with one attached hydrogen (secondary N) is 1. The van der Waals surface area contributed by atoms with E-state index < -0.39 is 0 Å². The lowest BCUT2D eigenvalue weighted by Crippen LogP contribution is -2.48. The molecule has 3 unspecified atom stereocenters. The third kappa shape index (κ3) is 3.60. The van der Waals surface area contributed by atoms with E-state index in [0.29, 0.717) is 6.04 Å². The second-order valence-electron chi connectivity index (χ2n) is 5.70. The number of hydrogen-bond acceptors (Lipinski definition) is 3. The van der Waals surface area contributed by atoms with Crippen LogP contribution < -0.4 is 5.32 Å². The van der Waals surface area contributed by atoms with Crippen molar-refractivity contribution in [3.63, 3.8) is 0 Å². The normalized spacial score (nSPS) is 39.6. The van der Waals surface area contributed by atoms with Gasteiger partial charge in [0.15, 0.2) is 5.17 Å². The van der Waals surface area contributed by atoms with E-state index in [1.807, 2.05) is 23.5 Å². The highest BCUT2D eigenvalue weighted by atomic mass is 32.2. The zero-order chi connectivity index (χ0) is 13.0. The highest BCUT2D eigenvalue weighted by Gasteiger charge is 2.30. The van der Waals surface area contributed by atoms with Crippen LogP contribution >= 0.6 is 23.5 Å². The summed E-state index contributed by atoms with van der Waals surface area (Å²) in [5.74, 6) is 1.22. The summed E-state index contributed by atoms with van der Waals surface area (Å²) in [4.78, 5) is 5.04. The number of aliphatic imine (C=N–C) groups is 1. The SMILES string of the molecule is CCC1(C)CCSC(=NC2CCCCC2SC)N1. The van der Waals surface area contributed by atoms with E-state index in [0.717, 1.165) is 5.25 Å². The highest BCUT2D eigenvalue weighted by Crippen LogP contribution is 2.31. The second kappa shape index (κ2) is 6.56. The lowest BCUT2D eigenvalue weighted by Gasteiger charge is -2.36. The summed E-state index contributed by atoms with van der Waals surface area (Å²) in [7, 11) is 0. The van der Waals surface area contributed by atoms with E-state index in [1.165, 1.54) is 49.4 Å². The van der Waals surface area contributed by atoms with E-state index in [-0.39, 0.29) is 5.54 Å². The number of nitrogens with zero attached hydrogens (tertiary/aromatic N) is 1. The average molecular weight is 287 g/mol.